The van der Waals surface area contributed by atoms with Crippen molar-refractivity contribution in [2.24, 2.45) is 0 Å². The van der Waals surface area contributed by atoms with Crippen LogP contribution in [0.25, 0.3) is 0 Å². The van der Waals surface area contributed by atoms with E-state index in [1.807, 2.05) is 0 Å². The van der Waals surface area contributed by atoms with Crippen molar-refractivity contribution < 1.29 is 13.7 Å². The minimum absolute atomic E-state index is 0.0499. The zero-order chi connectivity index (χ0) is 12.3. The van der Waals surface area contributed by atoms with Crippen molar-refractivity contribution in [3.8, 4) is 0 Å². The molecule has 5 nitrogen and oxygen atoms in total. The number of anilines is 1. The molecule has 0 aliphatic rings. The highest BCUT2D eigenvalue weighted by Gasteiger charge is 2.10. The molecule has 0 fully saturated rings. The fraction of sp³-hybridized carbons (Fsp3) is 0.182. The Morgan fingerprint density at radius 1 is 1.47 bits per heavy atom. The second-order valence-corrected chi connectivity index (χ2v) is 3.43. The molecule has 1 N–H and O–H groups in total. The van der Waals surface area contributed by atoms with E-state index in [9.17, 15) is 9.18 Å². The minimum Gasteiger partial charge on any atom is -0.340 e. The number of amides is 1. The van der Waals surface area contributed by atoms with E-state index in [0.29, 0.717) is 5.89 Å². The maximum absolute atomic E-state index is 13.2. The number of nitrogens with one attached hydrogen (secondary N) is 1. The van der Waals surface area contributed by atoms with Gasteiger partial charge < -0.3 is 9.84 Å². The molecule has 2 rings (SSSR count). The highest BCUT2D eigenvalue weighted by molar-refractivity contribution is 5.91. The van der Waals surface area contributed by atoms with Gasteiger partial charge in [-0.25, -0.2) is 4.39 Å². The predicted molar refractivity (Wildman–Crippen MR) is 57.8 cm³/mol. The molecular formula is C11H10FN3O2. The molecule has 88 valence electrons. The Morgan fingerprint density at radius 3 is 2.88 bits per heavy atom. The topological polar surface area (TPSA) is 68.0 Å². The van der Waals surface area contributed by atoms with Crippen LogP contribution in [0.3, 0.4) is 0 Å². The Kier molecular flexibility index (Phi) is 3.13. The Labute approximate surface area is 96.6 Å². The summed E-state index contributed by atoms with van der Waals surface area (Å²) in [6, 6.07) is 5.94. The first kappa shape index (κ1) is 11.3. The van der Waals surface area contributed by atoms with Gasteiger partial charge in [-0.1, -0.05) is 17.3 Å². The molecule has 6 heteroatoms. The summed E-state index contributed by atoms with van der Waals surface area (Å²) in [5.74, 6) is -0.212. The summed E-state index contributed by atoms with van der Waals surface area (Å²) < 4.78 is 18.0. The van der Waals surface area contributed by atoms with Gasteiger partial charge in [-0.2, -0.15) is 4.98 Å². The number of aryl methyl sites for hydroxylation is 1. The third-order valence-electron chi connectivity index (χ3n) is 2.04. The largest absolute Gasteiger partial charge is 0.340 e. The van der Waals surface area contributed by atoms with Crippen molar-refractivity contribution in [1.82, 2.24) is 10.1 Å². The zero-order valence-corrected chi connectivity index (χ0v) is 9.11. The van der Waals surface area contributed by atoms with Gasteiger partial charge in [0, 0.05) is 6.92 Å². The van der Waals surface area contributed by atoms with E-state index in [2.05, 4.69) is 15.5 Å². The lowest BCUT2D eigenvalue weighted by Crippen LogP contribution is -2.16. The fourth-order valence-electron chi connectivity index (χ4n) is 1.31. The summed E-state index contributed by atoms with van der Waals surface area (Å²) in [7, 11) is 0. The smallest absolute Gasteiger partial charge is 0.232 e. The number of carbonyl (C=O) groups is 1. The average molecular weight is 235 g/mol. The minimum atomic E-state index is -0.481. The number of carbonyl (C=O) groups excluding carboxylic acids is 1. The summed E-state index contributed by atoms with van der Waals surface area (Å²) >= 11 is 0. The Bertz CT molecular complexity index is 539. The monoisotopic (exact) mass is 235 g/mol. The lowest BCUT2D eigenvalue weighted by molar-refractivity contribution is -0.115. The average Bonchev–Trinajstić information content (AvgIpc) is 2.67. The molecule has 0 bridgehead atoms. The maximum atomic E-state index is 13.2. The number of hydrogen-bond donors (Lipinski definition) is 1. The highest BCUT2D eigenvalue weighted by atomic mass is 19.1. The SMILES string of the molecule is Cc1nc(CC(=O)Nc2ccccc2F)no1. The molecule has 0 radical (unpaired) electrons. The molecule has 2 aromatic rings. The number of aromatic nitrogens is 2. The van der Waals surface area contributed by atoms with E-state index in [0.717, 1.165) is 0 Å². The van der Waals surface area contributed by atoms with Crippen LogP contribution in [0.4, 0.5) is 10.1 Å². The van der Waals surface area contributed by atoms with Crippen LogP contribution >= 0.6 is 0 Å². The molecule has 0 saturated carbocycles. The third kappa shape index (κ3) is 2.87. The lowest BCUT2D eigenvalue weighted by Gasteiger charge is -2.03. The second-order valence-electron chi connectivity index (χ2n) is 3.43. The number of para-hydroxylation sites is 1. The third-order valence-corrected chi connectivity index (χ3v) is 2.04. The molecule has 1 amide bonds. The zero-order valence-electron chi connectivity index (χ0n) is 9.11. The second kappa shape index (κ2) is 4.73. The standard InChI is InChI=1S/C11H10FN3O2/c1-7-13-10(15-17-7)6-11(16)14-9-5-3-2-4-8(9)12/h2-5H,6H2,1H3,(H,14,16). The van der Waals surface area contributed by atoms with Crippen LogP contribution in [-0.4, -0.2) is 16.0 Å². The van der Waals surface area contributed by atoms with E-state index < -0.39 is 11.7 Å². The van der Waals surface area contributed by atoms with Gasteiger partial charge >= 0.3 is 0 Å². The van der Waals surface area contributed by atoms with Crippen LogP contribution in [0.5, 0.6) is 0 Å². The molecule has 0 aliphatic heterocycles. The number of hydrogen-bond acceptors (Lipinski definition) is 4. The van der Waals surface area contributed by atoms with Crippen molar-refractivity contribution >= 4 is 11.6 Å². The Morgan fingerprint density at radius 2 is 2.24 bits per heavy atom. The van der Waals surface area contributed by atoms with E-state index in [1.165, 1.54) is 12.1 Å². The van der Waals surface area contributed by atoms with Crippen molar-refractivity contribution in [3.63, 3.8) is 0 Å². The van der Waals surface area contributed by atoms with E-state index in [4.69, 9.17) is 4.52 Å². The van der Waals surface area contributed by atoms with Crippen LogP contribution in [0, 0.1) is 12.7 Å². The van der Waals surface area contributed by atoms with E-state index >= 15 is 0 Å². The number of benzene rings is 1. The van der Waals surface area contributed by atoms with Gasteiger partial charge in [-0.05, 0) is 12.1 Å². The molecule has 17 heavy (non-hydrogen) atoms. The highest BCUT2D eigenvalue weighted by Crippen LogP contribution is 2.12. The predicted octanol–water partition coefficient (Wildman–Crippen LogP) is 1.70. The van der Waals surface area contributed by atoms with Gasteiger partial charge in [0.05, 0.1) is 12.1 Å². The van der Waals surface area contributed by atoms with E-state index in [1.54, 1.807) is 19.1 Å². The van der Waals surface area contributed by atoms with Crippen LogP contribution in [0.2, 0.25) is 0 Å². The number of nitrogens with zero attached hydrogens (tertiary/aromatic N) is 2. The van der Waals surface area contributed by atoms with Crippen molar-refractivity contribution in [3.05, 3.63) is 41.8 Å². The van der Waals surface area contributed by atoms with Crippen LogP contribution < -0.4 is 5.32 Å². The summed E-state index contributed by atoms with van der Waals surface area (Å²) in [6.45, 7) is 1.63. The van der Waals surface area contributed by atoms with Crippen LogP contribution in [0.15, 0.2) is 28.8 Å². The van der Waals surface area contributed by atoms with E-state index in [-0.39, 0.29) is 17.9 Å². The van der Waals surface area contributed by atoms with Crippen LogP contribution in [0.1, 0.15) is 11.7 Å². The lowest BCUT2D eigenvalue weighted by atomic mass is 10.3. The van der Waals surface area contributed by atoms with Crippen molar-refractivity contribution in [1.29, 1.82) is 0 Å². The molecule has 1 aromatic carbocycles. The molecular weight excluding hydrogens is 225 g/mol. The first-order valence-corrected chi connectivity index (χ1v) is 4.99. The molecule has 0 spiro atoms. The fourth-order valence-corrected chi connectivity index (χ4v) is 1.31. The molecule has 0 atom stereocenters. The first-order chi connectivity index (χ1) is 8.15. The maximum Gasteiger partial charge on any atom is 0.232 e. The van der Waals surface area contributed by atoms with Gasteiger partial charge in [0.15, 0.2) is 5.82 Å². The number of rotatable bonds is 3. The molecule has 1 aromatic heterocycles. The van der Waals surface area contributed by atoms with Crippen molar-refractivity contribution in [2.45, 2.75) is 13.3 Å². The molecule has 0 unspecified atom stereocenters. The van der Waals surface area contributed by atoms with Gasteiger partial charge in [-0.15, -0.1) is 0 Å². The summed E-state index contributed by atoms with van der Waals surface area (Å²) in [5.41, 5.74) is 0.137. The first-order valence-electron chi connectivity index (χ1n) is 4.99. The van der Waals surface area contributed by atoms with Gasteiger partial charge in [-0.3, -0.25) is 4.79 Å². The van der Waals surface area contributed by atoms with Crippen molar-refractivity contribution in [2.75, 3.05) is 5.32 Å². The molecule has 0 saturated heterocycles. The summed E-state index contributed by atoms with van der Waals surface area (Å²) in [5, 5.41) is 6.01. The van der Waals surface area contributed by atoms with Gasteiger partial charge in [0.1, 0.15) is 5.82 Å². The summed E-state index contributed by atoms with van der Waals surface area (Å²) in [6.07, 6.45) is -0.0499. The molecule has 1 heterocycles. The molecule has 0 aliphatic carbocycles. The van der Waals surface area contributed by atoms with Crippen LogP contribution in [-0.2, 0) is 11.2 Å². The van der Waals surface area contributed by atoms with Gasteiger partial charge in [0.2, 0.25) is 11.8 Å². The Balaban J connectivity index is 2.01. The number of halogens is 1. The quantitative estimate of drug-likeness (QED) is 0.879. The Hall–Kier alpha value is -2.24. The summed E-state index contributed by atoms with van der Waals surface area (Å²) in [4.78, 5) is 15.4. The normalized spacial score (nSPS) is 10.2. The van der Waals surface area contributed by atoms with Gasteiger partial charge in [0.25, 0.3) is 0 Å².